The predicted molar refractivity (Wildman–Crippen MR) is 80.7 cm³/mol. The second-order valence-corrected chi connectivity index (χ2v) is 6.34. The summed E-state index contributed by atoms with van der Waals surface area (Å²) in [5, 5.41) is 18.8. The highest BCUT2D eigenvalue weighted by molar-refractivity contribution is 5.67. The molecule has 3 unspecified atom stereocenters. The highest BCUT2D eigenvalue weighted by atomic mass is 16.4. The second-order valence-electron chi connectivity index (χ2n) is 6.34. The first-order chi connectivity index (χ1) is 10.2. The number of carboxylic acid groups (broad SMARTS) is 1. The van der Waals surface area contributed by atoms with Crippen molar-refractivity contribution in [3.63, 3.8) is 0 Å². The number of aliphatic hydroxyl groups excluding tert-OH is 1. The van der Waals surface area contributed by atoms with E-state index < -0.39 is 12.1 Å². The highest BCUT2D eigenvalue weighted by Gasteiger charge is 2.60. The van der Waals surface area contributed by atoms with Gasteiger partial charge in [0.2, 0.25) is 0 Å². The summed E-state index contributed by atoms with van der Waals surface area (Å²) in [6, 6.07) is 10.4. The lowest BCUT2D eigenvalue weighted by molar-refractivity contribution is -0.139. The van der Waals surface area contributed by atoms with E-state index in [0.29, 0.717) is 17.8 Å². The molecule has 0 aromatic heterocycles. The maximum atomic E-state index is 10.9. The molecule has 0 aliphatic heterocycles. The van der Waals surface area contributed by atoms with Gasteiger partial charge in [0.05, 0.1) is 12.5 Å². The molecule has 0 heterocycles. The second kappa shape index (κ2) is 6.02. The van der Waals surface area contributed by atoms with Gasteiger partial charge < -0.3 is 10.2 Å². The molecule has 0 bridgehead atoms. The normalized spacial score (nSPS) is 34.0. The minimum absolute atomic E-state index is 0.0451. The number of aliphatic carboxylic acids is 1. The molecule has 0 radical (unpaired) electrons. The van der Waals surface area contributed by atoms with E-state index in [1.54, 1.807) is 0 Å². The van der Waals surface area contributed by atoms with Crippen molar-refractivity contribution >= 4 is 5.97 Å². The Hall–Kier alpha value is -1.61. The summed E-state index contributed by atoms with van der Waals surface area (Å²) >= 11 is 0. The minimum Gasteiger partial charge on any atom is -0.481 e. The Labute approximate surface area is 125 Å². The molecule has 2 aliphatic rings. The lowest BCUT2D eigenvalue weighted by atomic mass is 9.93. The van der Waals surface area contributed by atoms with E-state index in [4.69, 9.17) is 5.11 Å². The Bertz CT molecular complexity index is 523. The molecule has 2 fully saturated rings. The number of hydrogen-bond donors (Lipinski definition) is 2. The number of benzene rings is 1. The van der Waals surface area contributed by atoms with Gasteiger partial charge in [0.1, 0.15) is 0 Å². The molecule has 1 aromatic carbocycles. The van der Waals surface area contributed by atoms with Gasteiger partial charge in [0.15, 0.2) is 0 Å². The van der Waals surface area contributed by atoms with Crippen LogP contribution in [0.1, 0.15) is 24.8 Å². The van der Waals surface area contributed by atoms with E-state index in [1.807, 2.05) is 6.07 Å². The van der Waals surface area contributed by atoms with Crippen molar-refractivity contribution in [2.24, 2.45) is 23.7 Å². The van der Waals surface area contributed by atoms with Gasteiger partial charge in [-0.25, -0.2) is 0 Å². The Kier molecular flexibility index (Phi) is 4.11. The molecule has 2 N–H and O–H groups in total. The van der Waals surface area contributed by atoms with Gasteiger partial charge in [-0.3, -0.25) is 4.79 Å². The summed E-state index contributed by atoms with van der Waals surface area (Å²) in [6.07, 6.45) is 7.00. The van der Waals surface area contributed by atoms with Gasteiger partial charge in [0, 0.05) is 0 Å². The summed E-state index contributed by atoms with van der Waals surface area (Å²) in [5.41, 5.74) is 1.34. The number of fused-ring (bicyclic) bond motifs is 1. The summed E-state index contributed by atoms with van der Waals surface area (Å²) in [6.45, 7) is 0. The van der Waals surface area contributed by atoms with Gasteiger partial charge in [-0.1, -0.05) is 42.5 Å². The highest BCUT2D eigenvalue weighted by Crippen LogP contribution is 2.62. The molecule has 0 spiro atoms. The zero-order valence-electron chi connectivity index (χ0n) is 12.1. The first-order valence-electron chi connectivity index (χ1n) is 7.77. The Balaban J connectivity index is 1.47. The van der Waals surface area contributed by atoms with Crippen LogP contribution in [0.15, 0.2) is 42.5 Å². The van der Waals surface area contributed by atoms with Gasteiger partial charge >= 0.3 is 5.97 Å². The summed E-state index contributed by atoms with van der Waals surface area (Å²) in [5.74, 6) is 0.560. The molecule has 2 saturated carbocycles. The molecule has 3 heteroatoms. The van der Waals surface area contributed by atoms with E-state index in [0.717, 1.165) is 19.3 Å². The van der Waals surface area contributed by atoms with Crippen molar-refractivity contribution in [2.45, 2.75) is 31.8 Å². The molecular weight excluding hydrogens is 264 g/mol. The smallest absolute Gasteiger partial charge is 0.303 e. The van der Waals surface area contributed by atoms with Crippen molar-refractivity contribution < 1.29 is 15.0 Å². The number of aryl methyl sites for hydroxylation is 1. The third-order valence-corrected chi connectivity index (χ3v) is 5.01. The third kappa shape index (κ3) is 3.18. The maximum Gasteiger partial charge on any atom is 0.303 e. The lowest BCUT2D eigenvalue weighted by Gasteiger charge is -2.16. The lowest BCUT2D eigenvalue weighted by Crippen LogP contribution is -2.22. The van der Waals surface area contributed by atoms with Gasteiger partial charge in [-0.2, -0.15) is 0 Å². The van der Waals surface area contributed by atoms with E-state index in [9.17, 15) is 9.90 Å². The Morgan fingerprint density at radius 3 is 2.76 bits per heavy atom. The largest absolute Gasteiger partial charge is 0.481 e. The zero-order chi connectivity index (χ0) is 14.8. The maximum absolute atomic E-state index is 10.9. The quantitative estimate of drug-likeness (QED) is 0.791. The predicted octanol–water partition coefficient (Wildman–Crippen LogP) is 2.89. The number of carboxylic acids is 1. The molecule has 3 rings (SSSR count). The van der Waals surface area contributed by atoms with Crippen LogP contribution in [-0.4, -0.2) is 22.3 Å². The average Bonchev–Trinajstić information content (AvgIpc) is 3.03. The van der Waals surface area contributed by atoms with E-state index in [1.165, 1.54) is 5.56 Å². The van der Waals surface area contributed by atoms with Gasteiger partial charge in [-0.15, -0.1) is 0 Å². The van der Waals surface area contributed by atoms with Gasteiger partial charge in [-0.05, 0) is 48.5 Å². The van der Waals surface area contributed by atoms with Crippen molar-refractivity contribution in [1.29, 1.82) is 0 Å². The first-order valence-corrected chi connectivity index (χ1v) is 7.77. The standard InChI is InChI=1S/C18H22O3/c19-16-10-14-13(18(14)15(16)11-17(20)21)9-5-4-8-12-6-2-1-3-7-12/h1-3,5-7,9,13-16,18-19H,4,8,10-11H2,(H,20,21)/t13?,14-,15?,16?,18+/m0/s1. The topological polar surface area (TPSA) is 57.5 Å². The fourth-order valence-electron chi connectivity index (χ4n) is 3.95. The molecular formula is C18H22O3. The number of hydrogen-bond acceptors (Lipinski definition) is 2. The van der Waals surface area contributed by atoms with Crippen LogP contribution < -0.4 is 0 Å². The first kappa shape index (κ1) is 14.3. The molecule has 5 atom stereocenters. The zero-order valence-corrected chi connectivity index (χ0v) is 12.1. The van der Waals surface area contributed by atoms with Gasteiger partial charge in [0.25, 0.3) is 0 Å². The molecule has 2 aliphatic carbocycles. The van der Waals surface area contributed by atoms with Crippen LogP contribution in [0.25, 0.3) is 0 Å². The summed E-state index contributed by atoms with van der Waals surface area (Å²) in [4.78, 5) is 10.9. The van der Waals surface area contributed by atoms with E-state index in [-0.39, 0.29) is 12.3 Å². The fraction of sp³-hybridized carbons (Fsp3) is 0.500. The number of rotatable bonds is 6. The van der Waals surface area contributed by atoms with E-state index >= 15 is 0 Å². The number of aliphatic hydroxyl groups is 1. The van der Waals surface area contributed by atoms with Crippen LogP contribution in [0, 0.1) is 23.7 Å². The molecule has 3 nitrogen and oxygen atoms in total. The number of carbonyl (C=O) groups is 1. The van der Waals surface area contributed by atoms with Crippen LogP contribution in [0.4, 0.5) is 0 Å². The fourth-order valence-corrected chi connectivity index (χ4v) is 3.95. The van der Waals surface area contributed by atoms with Crippen LogP contribution in [0.3, 0.4) is 0 Å². The monoisotopic (exact) mass is 286 g/mol. The van der Waals surface area contributed by atoms with Crippen LogP contribution in [0.5, 0.6) is 0 Å². The summed E-state index contributed by atoms with van der Waals surface area (Å²) < 4.78 is 0. The molecule has 0 amide bonds. The Morgan fingerprint density at radius 1 is 1.29 bits per heavy atom. The SMILES string of the molecule is O=C(O)CC1C(O)C[C@H]2C(C=CCCc3ccccc3)[C@@H]12. The molecule has 112 valence electrons. The van der Waals surface area contributed by atoms with Crippen LogP contribution in [-0.2, 0) is 11.2 Å². The van der Waals surface area contributed by atoms with Crippen molar-refractivity contribution in [3.05, 3.63) is 48.0 Å². The van der Waals surface area contributed by atoms with E-state index in [2.05, 4.69) is 36.4 Å². The van der Waals surface area contributed by atoms with Crippen molar-refractivity contribution in [2.75, 3.05) is 0 Å². The molecule has 0 saturated heterocycles. The summed E-state index contributed by atoms with van der Waals surface area (Å²) in [7, 11) is 0. The van der Waals surface area contributed by atoms with Crippen LogP contribution >= 0.6 is 0 Å². The average molecular weight is 286 g/mol. The third-order valence-electron chi connectivity index (χ3n) is 5.01. The van der Waals surface area contributed by atoms with Crippen LogP contribution in [0.2, 0.25) is 0 Å². The van der Waals surface area contributed by atoms with Crippen molar-refractivity contribution in [3.8, 4) is 0 Å². The molecule has 1 aromatic rings. The Morgan fingerprint density at radius 2 is 2.05 bits per heavy atom. The van der Waals surface area contributed by atoms with Crippen molar-refractivity contribution in [1.82, 2.24) is 0 Å². The minimum atomic E-state index is -0.793. The number of allylic oxidation sites excluding steroid dienone is 2. The molecule has 21 heavy (non-hydrogen) atoms.